The summed E-state index contributed by atoms with van der Waals surface area (Å²) in [5, 5.41) is 7.88. The van der Waals surface area contributed by atoms with E-state index in [0.29, 0.717) is 5.71 Å². The third-order valence-corrected chi connectivity index (χ3v) is 2.32. The summed E-state index contributed by atoms with van der Waals surface area (Å²) < 4.78 is 0. The van der Waals surface area contributed by atoms with Crippen molar-refractivity contribution < 1.29 is 0 Å². The molecular formula is C13H18N2. The van der Waals surface area contributed by atoms with Gasteiger partial charge in [-0.25, -0.2) is 0 Å². The van der Waals surface area contributed by atoms with Crippen molar-refractivity contribution in [2.45, 2.75) is 20.8 Å². The second-order valence-electron chi connectivity index (χ2n) is 4.63. The zero-order valence-corrected chi connectivity index (χ0v) is 9.83. The lowest BCUT2D eigenvalue weighted by atomic mass is 9.82. The summed E-state index contributed by atoms with van der Waals surface area (Å²) in [6.07, 6.45) is 9.55. The fourth-order valence-electron chi connectivity index (χ4n) is 1.32. The van der Waals surface area contributed by atoms with E-state index in [9.17, 15) is 0 Å². The molecule has 0 aliphatic heterocycles. The zero-order chi connectivity index (χ0) is 11.5. The second-order valence-corrected chi connectivity index (χ2v) is 4.63. The van der Waals surface area contributed by atoms with Crippen LogP contribution in [0.15, 0.2) is 40.4 Å². The Morgan fingerprint density at radius 2 is 1.93 bits per heavy atom. The summed E-state index contributed by atoms with van der Waals surface area (Å²) in [5.74, 6) is 0. The average Bonchev–Trinajstić information content (AvgIpc) is 2.14. The van der Waals surface area contributed by atoms with Crippen molar-refractivity contribution in [3.05, 3.63) is 35.5 Å². The minimum atomic E-state index is 0.104. The van der Waals surface area contributed by atoms with Gasteiger partial charge in [-0.2, -0.15) is 0 Å². The Kier molecular flexibility index (Phi) is 3.40. The molecule has 0 bridgehead atoms. The molecule has 80 valence electrons. The van der Waals surface area contributed by atoms with Gasteiger partial charge >= 0.3 is 0 Å². The standard InChI is InChI=1S/C13H18N2/c1-13(2,3)11-6-5-10(7-8-15-4)12(14)9-11/h5-9,14H,1-4H3/b10-7-,14-12?,15-8-. The average molecular weight is 202 g/mol. The lowest BCUT2D eigenvalue weighted by Gasteiger charge is -2.23. The van der Waals surface area contributed by atoms with Gasteiger partial charge in [0.05, 0.1) is 5.71 Å². The van der Waals surface area contributed by atoms with Gasteiger partial charge in [-0.15, -0.1) is 0 Å². The minimum absolute atomic E-state index is 0.104. The normalized spacial score (nSPS) is 20.1. The SMILES string of the molecule is C/N=C\C=C1\C=CC(C(C)(C)C)=CC1=N. The van der Waals surface area contributed by atoms with E-state index in [-0.39, 0.29) is 5.41 Å². The van der Waals surface area contributed by atoms with Crippen LogP contribution in [0.3, 0.4) is 0 Å². The van der Waals surface area contributed by atoms with E-state index in [4.69, 9.17) is 5.41 Å². The highest BCUT2D eigenvalue weighted by Gasteiger charge is 2.18. The van der Waals surface area contributed by atoms with Crippen molar-refractivity contribution in [2.24, 2.45) is 10.4 Å². The predicted octanol–water partition coefficient (Wildman–Crippen LogP) is 3.18. The Morgan fingerprint density at radius 1 is 1.27 bits per heavy atom. The molecule has 1 aliphatic carbocycles. The van der Waals surface area contributed by atoms with Crippen LogP contribution in [0.4, 0.5) is 0 Å². The summed E-state index contributed by atoms with van der Waals surface area (Å²) in [7, 11) is 1.73. The van der Waals surface area contributed by atoms with E-state index >= 15 is 0 Å². The number of hydrogen-bond acceptors (Lipinski definition) is 2. The van der Waals surface area contributed by atoms with Crippen LogP contribution in [0.5, 0.6) is 0 Å². The van der Waals surface area contributed by atoms with Crippen LogP contribution in [-0.4, -0.2) is 19.0 Å². The molecule has 0 fully saturated rings. The molecule has 15 heavy (non-hydrogen) atoms. The summed E-state index contributed by atoms with van der Waals surface area (Å²) >= 11 is 0. The monoisotopic (exact) mass is 202 g/mol. The van der Waals surface area contributed by atoms with Crippen LogP contribution < -0.4 is 0 Å². The van der Waals surface area contributed by atoms with E-state index in [1.54, 1.807) is 13.3 Å². The van der Waals surface area contributed by atoms with Crippen LogP contribution in [-0.2, 0) is 0 Å². The van der Waals surface area contributed by atoms with E-state index in [0.717, 1.165) is 5.57 Å². The van der Waals surface area contributed by atoms with Gasteiger partial charge in [-0.1, -0.05) is 32.9 Å². The molecule has 0 unspecified atom stereocenters. The molecule has 0 aromatic carbocycles. The Hall–Kier alpha value is -1.44. The smallest absolute Gasteiger partial charge is 0.0615 e. The van der Waals surface area contributed by atoms with Gasteiger partial charge in [0.25, 0.3) is 0 Å². The zero-order valence-electron chi connectivity index (χ0n) is 9.83. The third kappa shape index (κ3) is 3.01. The molecule has 0 aromatic rings. The van der Waals surface area contributed by atoms with E-state index in [2.05, 4.69) is 31.8 Å². The molecule has 2 heteroatoms. The first-order valence-corrected chi connectivity index (χ1v) is 5.07. The largest absolute Gasteiger partial charge is 0.300 e. The van der Waals surface area contributed by atoms with Crippen molar-refractivity contribution in [3.8, 4) is 0 Å². The predicted molar refractivity (Wildman–Crippen MR) is 66.9 cm³/mol. The van der Waals surface area contributed by atoms with Crippen molar-refractivity contribution in [2.75, 3.05) is 7.05 Å². The topological polar surface area (TPSA) is 36.2 Å². The molecule has 0 spiro atoms. The van der Waals surface area contributed by atoms with Crippen LogP contribution in [0.1, 0.15) is 20.8 Å². The van der Waals surface area contributed by atoms with E-state index in [1.165, 1.54) is 5.57 Å². The molecule has 0 amide bonds. The first-order valence-electron chi connectivity index (χ1n) is 5.07. The molecule has 0 saturated carbocycles. The van der Waals surface area contributed by atoms with E-state index in [1.807, 2.05) is 18.2 Å². The maximum Gasteiger partial charge on any atom is 0.0615 e. The number of nitrogens with one attached hydrogen (secondary N) is 1. The lowest BCUT2D eigenvalue weighted by Crippen LogP contribution is -2.13. The number of hydrogen-bond donors (Lipinski definition) is 1. The quantitative estimate of drug-likeness (QED) is 0.634. The Balaban J connectivity index is 2.94. The number of aliphatic imine (C=N–C) groups is 1. The molecule has 0 saturated heterocycles. The van der Waals surface area contributed by atoms with Crippen LogP contribution in [0.25, 0.3) is 0 Å². The summed E-state index contributed by atoms with van der Waals surface area (Å²) in [5.41, 5.74) is 2.77. The van der Waals surface area contributed by atoms with Gasteiger partial charge in [0.2, 0.25) is 0 Å². The van der Waals surface area contributed by atoms with Crippen LogP contribution in [0, 0.1) is 10.8 Å². The van der Waals surface area contributed by atoms with Gasteiger partial charge in [-0.3, -0.25) is 4.99 Å². The van der Waals surface area contributed by atoms with E-state index < -0.39 is 0 Å². The lowest BCUT2D eigenvalue weighted by molar-refractivity contribution is 0.517. The highest BCUT2D eigenvalue weighted by Crippen LogP contribution is 2.29. The third-order valence-electron chi connectivity index (χ3n) is 2.32. The minimum Gasteiger partial charge on any atom is -0.300 e. The van der Waals surface area contributed by atoms with Gasteiger partial charge in [-0.05, 0) is 23.1 Å². The maximum absolute atomic E-state index is 7.88. The number of allylic oxidation sites excluding steroid dienone is 6. The molecule has 2 nitrogen and oxygen atoms in total. The van der Waals surface area contributed by atoms with Crippen molar-refractivity contribution in [1.82, 2.24) is 0 Å². The van der Waals surface area contributed by atoms with Gasteiger partial charge in [0, 0.05) is 18.8 Å². The molecule has 0 aromatic heterocycles. The molecule has 0 atom stereocenters. The molecule has 0 radical (unpaired) electrons. The fourth-order valence-corrected chi connectivity index (χ4v) is 1.32. The van der Waals surface area contributed by atoms with Gasteiger partial charge in [0.15, 0.2) is 0 Å². The van der Waals surface area contributed by atoms with Crippen LogP contribution >= 0.6 is 0 Å². The molecule has 1 N–H and O–H groups in total. The highest BCUT2D eigenvalue weighted by atomic mass is 14.6. The molecule has 1 rings (SSSR count). The van der Waals surface area contributed by atoms with Crippen molar-refractivity contribution >= 4 is 11.9 Å². The molecular weight excluding hydrogens is 184 g/mol. The second kappa shape index (κ2) is 4.39. The summed E-state index contributed by atoms with van der Waals surface area (Å²) in [6, 6.07) is 0. The van der Waals surface area contributed by atoms with Crippen LogP contribution in [0.2, 0.25) is 0 Å². The summed E-state index contributed by atoms with van der Waals surface area (Å²) in [4.78, 5) is 3.88. The number of nitrogens with zero attached hydrogens (tertiary/aromatic N) is 1. The summed E-state index contributed by atoms with van der Waals surface area (Å²) in [6.45, 7) is 6.45. The fraction of sp³-hybridized carbons (Fsp3) is 0.385. The van der Waals surface area contributed by atoms with Crippen molar-refractivity contribution in [1.29, 1.82) is 5.41 Å². The number of rotatable bonds is 1. The van der Waals surface area contributed by atoms with Gasteiger partial charge in [0.1, 0.15) is 0 Å². The molecule has 0 heterocycles. The first-order chi connectivity index (χ1) is 6.95. The highest BCUT2D eigenvalue weighted by molar-refractivity contribution is 6.12. The Labute approximate surface area is 91.6 Å². The van der Waals surface area contributed by atoms with Crippen molar-refractivity contribution in [3.63, 3.8) is 0 Å². The van der Waals surface area contributed by atoms with Gasteiger partial charge < -0.3 is 5.41 Å². The Bertz CT molecular complexity index is 374. The maximum atomic E-state index is 7.88. The molecule has 1 aliphatic rings. The first kappa shape index (κ1) is 11.6. The Morgan fingerprint density at radius 3 is 2.40 bits per heavy atom.